The van der Waals surface area contributed by atoms with Gasteiger partial charge in [0.05, 0.1) is 5.69 Å². The third-order valence-corrected chi connectivity index (χ3v) is 5.27. The lowest BCUT2D eigenvalue weighted by atomic mass is 10.2. The van der Waals surface area contributed by atoms with E-state index in [4.69, 9.17) is 4.98 Å². The van der Waals surface area contributed by atoms with Crippen molar-refractivity contribution < 1.29 is 0 Å². The number of anilines is 1. The summed E-state index contributed by atoms with van der Waals surface area (Å²) >= 11 is 5.29. The maximum atomic E-state index is 4.77. The molecule has 19 heavy (non-hydrogen) atoms. The summed E-state index contributed by atoms with van der Waals surface area (Å²) in [7, 11) is 4.38. The molecule has 6 heteroatoms. The Morgan fingerprint density at radius 2 is 2.42 bits per heavy atom. The summed E-state index contributed by atoms with van der Waals surface area (Å²) in [6.07, 6.45) is 4.72. The summed E-state index contributed by atoms with van der Waals surface area (Å²) in [5.41, 5.74) is 1.25. The molecule has 1 atom stereocenters. The van der Waals surface area contributed by atoms with E-state index >= 15 is 0 Å². The minimum Gasteiger partial charge on any atom is -0.357 e. The lowest BCUT2D eigenvalue weighted by Crippen LogP contribution is -2.37. The highest BCUT2D eigenvalue weighted by Crippen LogP contribution is 2.27. The average molecular weight is 343 g/mol. The lowest BCUT2D eigenvalue weighted by Gasteiger charge is -2.26. The van der Waals surface area contributed by atoms with Crippen molar-refractivity contribution in [3.8, 4) is 0 Å². The molecule has 0 spiro atoms. The first-order valence-corrected chi connectivity index (χ1v) is 8.62. The van der Waals surface area contributed by atoms with Crippen LogP contribution in [0, 0.1) is 0 Å². The van der Waals surface area contributed by atoms with Crippen molar-refractivity contribution in [2.45, 2.75) is 24.2 Å². The number of hydrogen-bond donors (Lipinski definition) is 0. The van der Waals surface area contributed by atoms with Crippen LogP contribution in [0.5, 0.6) is 0 Å². The van der Waals surface area contributed by atoms with Crippen molar-refractivity contribution in [2.24, 2.45) is 0 Å². The maximum absolute atomic E-state index is 4.77. The van der Waals surface area contributed by atoms with Gasteiger partial charge in [-0.05, 0) is 26.4 Å². The zero-order valence-electron chi connectivity index (χ0n) is 11.3. The number of likely N-dealkylation sites (N-methyl/N-ethyl adjacent to an activating group) is 2. The Labute approximate surface area is 126 Å². The second kappa shape index (κ2) is 5.42. The molecule has 0 amide bonds. The third-order valence-electron chi connectivity index (χ3n) is 3.98. The summed E-state index contributed by atoms with van der Waals surface area (Å²) in [5, 5.41) is 2.92. The number of hydrogen-bond acceptors (Lipinski definition) is 4. The fraction of sp³-hybridized carbons (Fsp3) is 0.615. The minimum atomic E-state index is 0.660. The van der Waals surface area contributed by atoms with Crippen molar-refractivity contribution in [1.82, 2.24) is 14.3 Å². The monoisotopic (exact) mass is 342 g/mol. The first-order valence-electron chi connectivity index (χ1n) is 6.62. The minimum absolute atomic E-state index is 0.660. The van der Waals surface area contributed by atoms with Crippen LogP contribution in [0.25, 0.3) is 4.96 Å². The number of nitrogens with zero attached hydrogens (tertiary/aromatic N) is 4. The van der Waals surface area contributed by atoms with Gasteiger partial charge in [0.25, 0.3) is 0 Å². The van der Waals surface area contributed by atoms with E-state index < -0.39 is 0 Å². The van der Waals surface area contributed by atoms with Crippen LogP contribution in [-0.4, -0.2) is 47.5 Å². The summed E-state index contributed by atoms with van der Waals surface area (Å²) in [5.74, 6) is 1.11. The Bertz CT molecular complexity index is 564. The molecule has 0 bridgehead atoms. The highest BCUT2D eigenvalue weighted by atomic mass is 79.9. The smallest absolute Gasteiger partial charge is 0.195 e. The van der Waals surface area contributed by atoms with Crippen molar-refractivity contribution in [3.05, 3.63) is 17.3 Å². The molecule has 1 saturated heterocycles. The molecule has 3 rings (SSSR count). The van der Waals surface area contributed by atoms with Gasteiger partial charge in [0.15, 0.2) is 10.8 Å². The zero-order valence-corrected chi connectivity index (χ0v) is 13.7. The number of thiazole rings is 1. The van der Waals surface area contributed by atoms with Crippen LogP contribution in [0.15, 0.2) is 11.6 Å². The Hall–Kier alpha value is -0.590. The van der Waals surface area contributed by atoms with E-state index in [9.17, 15) is 0 Å². The van der Waals surface area contributed by atoms with E-state index in [2.05, 4.69) is 55.8 Å². The number of halogens is 1. The zero-order chi connectivity index (χ0) is 13.4. The Balaban J connectivity index is 1.84. The van der Waals surface area contributed by atoms with Gasteiger partial charge in [-0.1, -0.05) is 15.9 Å². The molecular weight excluding hydrogens is 324 g/mol. The molecule has 2 aromatic rings. The van der Waals surface area contributed by atoms with Gasteiger partial charge in [-0.25, -0.2) is 4.98 Å². The predicted molar refractivity (Wildman–Crippen MR) is 84.6 cm³/mol. The van der Waals surface area contributed by atoms with Gasteiger partial charge in [0.2, 0.25) is 0 Å². The predicted octanol–water partition coefficient (Wildman–Crippen LogP) is 2.82. The molecular formula is C13H19BrN4S. The van der Waals surface area contributed by atoms with E-state index in [-0.39, 0.29) is 0 Å². The van der Waals surface area contributed by atoms with Crippen molar-refractivity contribution in [3.63, 3.8) is 0 Å². The number of fused-ring (bicyclic) bond motifs is 1. The van der Waals surface area contributed by atoms with Crippen LogP contribution >= 0.6 is 27.3 Å². The van der Waals surface area contributed by atoms with Gasteiger partial charge in [-0.15, -0.1) is 11.3 Å². The van der Waals surface area contributed by atoms with E-state index in [1.165, 1.54) is 25.1 Å². The van der Waals surface area contributed by atoms with Crippen molar-refractivity contribution in [2.75, 3.05) is 32.1 Å². The number of aromatic nitrogens is 2. The molecule has 3 heterocycles. The van der Waals surface area contributed by atoms with Crippen LogP contribution in [0.2, 0.25) is 0 Å². The molecule has 2 aromatic heterocycles. The quantitative estimate of drug-likeness (QED) is 0.798. The molecule has 0 aliphatic carbocycles. The van der Waals surface area contributed by atoms with Crippen LogP contribution in [0.1, 0.15) is 18.5 Å². The lowest BCUT2D eigenvalue weighted by molar-refractivity contribution is 0.314. The van der Waals surface area contributed by atoms with Gasteiger partial charge >= 0.3 is 0 Å². The van der Waals surface area contributed by atoms with Gasteiger partial charge in [0, 0.05) is 36.5 Å². The third kappa shape index (κ3) is 2.41. The fourth-order valence-electron chi connectivity index (χ4n) is 2.86. The van der Waals surface area contributed by atoms with Crippen LogP contribution in [0.4, 0.5) is 5.82 Å². The first-order chi connectivity index (χ1) is 9.20. The highest BCUT2D eigenvalue weighted by Gasteiger charge is 2.24. The topological polar surface area (TPSA) is 23.8 Å². The number of imidazole rings is 1. The van der Waals surface area contributed by atoms with Crippen molar-refractivity contribution in [1.29, 1.82) is 0 Å². The molecule has 0 aromatic carbocycles. The van der Waals surface area contributed by atoms with Crippen LogP contribution < -0.4 is 4.90 Å². The van der Waals surface area contributed by atoms with Crippen LogP contribution in [0.3, 0.4) is 0 Å². The molecule has 0 saturated carbocycles. The molecule has 104 valence electrons. The largest absolute Gasteiger partial charge is 0.357 e. The number of rotatable bonds is 4. The Kier molecular flexibility index (Phi) is 3.82. The molecule has 4 nitrogen and oxygen atoms in total. The van der Waals surface area contributed by atoms with Gasteiger partial charge in [0.1, 0.15) is 0 Å². The van der Waals surface area contributed by atoms with E-state index in [1.807, 2.05) is 0 Å². The SMILES string of the molecule is CN(CC1CCCN1C)c1nc2sccn2c1CBr. The first kappa shape index (κ1) is 13.4. The van der Waals surface area contributed by atoms with Gasteiger partial charge in [-0.2, -0.15) is 0 Å². The highest BCUT2D eigenvalue weighted by molar-refractivity contribution is 9.08. The summed E-state index contributed by atoms with van der Waals surface area (Å²) in [6, 6.07) is 0.660. The standard InChI is InChI=1S/C13H19BrN4S/c1-16-5-3-4-10(16)9-17(2)12-11(8-14)18-6-7-19-13(18)15-12/h6-7,10H,3-5,8-9H2,1-2H3. The van der Waals surface area contributed by atoms with E-state index in [1.54, 1.807) is 11.3 Å². The van der Waals surface area contributed by atoms with Gasteiger partial charge < -0.3 is 9.80 Å². The molecule has 1 fully saturated rings. The molecule has 1 aliphatic rings. The van der Waals surface area contributed by atoms with Crippen LogP contribution in [-0.2, 0) is 5.33 Å². The van der Waals surface area contributed by atoms with Crippen molar-refractivity contribution >= 4 is 38.0 Å². The summed E-state index contributed by atoms with van der Waals surface area (Å²) in [6.45, 7) is 2.28. The molecule has 1 unspecified atom stereocenters. The Morgan fingerprint density at radius 1 is 1.58 bits per heavy atom. The summed E-state index contributed by atoms with van der Waals surface area (Å²) < 4.78 is 2.18. The molecule has 0 N–H and O–H groups in total. The number of alkyl halides is 1. The Morgan fingerprint density at radius 3 is 3.11 bits per heavy atom. The van der Waals surface area contributed by atoms with Gasteiger partial charge in [-0.3, -0.25) is 4.40 Å². The second-order valence-corrected chi connectivity index (χ2v) is 6.66. The average Bonchev–Trinajstić information content (AvgIpc) is 3.05. The fourth-order valence-corrected chi connectivity index (χ4v) is 4.11. The second-order valence-electron chi connectivity index (χ2n) is 5.23. The molecule has 1 aliphatic heterocycles. The maximum Gasteiger partial charge on any atom is 0.195 e. The normalized spacial score (nSPS) is 20.5. The number of likely N-dealkylation sites (tertiary alicyclic amines) is 1. The summed E-state index contributed by atoms with van der Waals surface area (Å²) in [4.78, 5) is 10.6. The van der Waals surface area contributed by atoms with E-state index in [0.717, 1.165) is 22.7 Å². The van der Waals surface area contributed by atoms with E-state index in [0.29, 0.717) is 6.04 Å². The molecule has 0 radical (unpaired) electrons.